The molecule has 1 aromatic rings. The second kappa shape index (κ2) is 12.4. The number of carbonyl (C=O) groups is 3. The number of benzene rings is 1. The third-order valence-electron chi connectivity index (χ3n) is 4.83. The summed E-state index contributed by atoms with van der Waals surface area (Å²) in [6.45, 7) is 2.69. The predicted octanol–water partition coefficient (Wildman–Crippen LogP) is 2.01. The molecule has 10 heteroatoms. The van der Waals surface area contributed by atoms with Gasteiger partial charge in [0.1, 0.15) is 0 Å². The standard InChI is InChI=1S/C22H30N2O8/c1-5-31-22(27)24-10-8-16(9-11-24)23-19(25)14-32-20(26)7-6-15-12-17(28-2)21(30-4)18(13-15)29-3/h6-7,12-13,16H,5,8-11,14H2,1-4H3,(H,23,25)/b7-6+. The van der Waals surface area contributed by atoms with Crippen LogP contribution < -0.4 is 19.5 Å². The molecule has 1 saturated heterocycles. The molecule has 2 amide bonds. The van der Waals surface area contributed by atoms with Gasteiger partial charge >= 0.3 is 12.1 Å². The summed E-state index contributed by atoms with van der Waals surface area (Å²) < 4.78 is 25.8. The summed E-state index contributed by atoms with van der Waals surface area (Å²) in [6, 6.07) is 3.28. The van der Waals surface area contributed by atoms with Crippen LogP contribution in [0.3, 0.4) is 0 Å². The van der Waals surface area contributed by atoms with Gasteiger partial charge in [-0.25, -0.2) is 9.59 Å². The lowest BCUT2D eigenvalue weighted by Crippen LogP contribution is -2.47. The number of hydrogen-bond donors (Lipinski definition) is 1. The van der Waals surface area contributed by atoms with Crippen LogP contribution in [0, 0.1) is 0 Å². The summed E-state index contributed by atoms with van der Waals surface area (Å²) >= 11 is 0. The van der Waals surface area contributed by atoms with E-state index in [0.29, 0.717) is 55.4 Å². The number of nitrogens with one attached hydrogen (secondary N) is 1. The van der Waals surface area contributed by atoms with Crippen LogP contribution in [0.5, 0.6) is 17.2 Å². The van der Waals surface area contributed by atoms with Gasteiger partial charge in [0.15, 0.2) is 18.1 Å². The van der Waals surface area contributed by atoms with Crippen molar-refractivity contribution in [3.63, 3.8) is 0 Å². The number of rotatable bonds is 9. The van der Waals surface area contributed by atoms with Gasteiger partial charge in [0.25, 0.3) is 5.91 Å². The molecule has 1 heterocycles. The van der Waals surface area contributed by atoms with E-state index in [1.807, 2.05) is 0 Å². The molecule has 0 atom stereocenters. The topological polar surface area (TPSA) is 113 Å². The highest BCUT2D eigenvalue weighted by Gasteiger charge is 2.24. The number of carbonyl (C=O) groups excluding carboxylic acids is 3. The molecule has 0 aromatic heterocycles. The Labute approximate surface area is 187 Å². The van der Waals surface area contributed by atoms with Crippen LogP contribution in [-0.2, 0) is 19.1 Å². The third-order valence-corrected chi connectivity index (χ3v) is 4.83. The molecule has 0 bridgehead atoms. The van der Waals surface area contributed by atoms with Crippen LogP contribution in [0.25, 0.3) is 6.08 Å². The summed E-state index contributed by atoms with van der Waals surface area (Å²) in [7, 11) is 4.50. The molecule has 1 N–H and O–H groups in total. The Morgan fingerprint density at radius 1 is 1.03 bits per heavy atom. The Balaban J connectivity index is 1.80. The average Bonchev–Trinajstić information content (AvgIpc) is 2.81. The van der Waals surface area contributed by atoms with E-state index in [1.165, 1.54) is 33.5 Å². The van der Waals surface area contributed by atoms with Gasteiger partial charge in [-0.2, -0.15) is 0 Å². The smallest absolute Gasteiger partial charge is 0.409 e. The molecule has 2 rings (SSSR count). The number of piperidine rings is 1. The predicted molar refractivity (Wildman–Crippen MR) is 116 cm³/mol. The van der Waals surface area contributed by atoms with Gasteiger partial charge < -0.3 is 33.9 Å². The summed E-state index contributed by atoms with van der Waals surface area (Å²) in [6.07, 6.45) is 3.62. The zero-order valence-corrected chi connectivity index (χ0v) is 18.8. The zero-order chi connectivity index (χ0) is 23.5. The average molecular weight is 450 g/mol. The highest BCUT2D eigenvalue weighted by Crippen LogP contribution is 2.38. The first-order valence-corrected chi connectivity index (χ1v) is 10.3. The second-order valence-electron chi connectivity index (χ2n) is 6.93. The number of methoxy groups -OCH3 is 3. The first-order valence-electron chi connectivity index (χ1n) is 10.3. The molecular weight excluding hydrogens is 420 g/mol. The number of likely N-dealkylation sites (tertiary alicyclic amines) is 1. The Hall–Kier alpha value is -3.43. The quantitative estimate of drug-likeness (QED) is 0.449. The lowest BCUT2D eigenvalue weighted by Gasteiger charge is -2.31. The normalized spacial score (nSPS) is 14.1. The fourth-order valence-electron chi connectivity index (χ4n) is 3.24. The summed E-state index contributed by atoms with van der Waals surface area (Å²) in [5.74, 6) is 0.293. The number of amides is 2. The van der Waals surface area contributed by atoms with Crippen molar-refractivity contribution in [2.45, 2.75) is 25.8 Å². The monoisotopic (exact) mass is 450 g/mol. The molecule has 176 valence electrons. The second-order valence-corrected chi connectivity index (χ2v) is 6.93. The van der Waals surface area contributed by atoms with Gasteiger partial charge in [-0.3, -0.25) is 4.79 Å². The van der Waals surface area contributed by atoms with Crippen LogP contribution >= 0.6 is 0 Å². The van der Waals surface area contributed by atoms with E-state index in [0.717, 1.165) is 0 Å². The van der Waals surface area contributed by atoms with Crippen LogP contribution in [-0.4, -0.2) is 76.5 Å². The largest absolute Gasteiger partial charge is 0.493 e. The summed E-state index contributed by atoms with van der Waals surface area (Å²) in [5, 5.41) is 2.82. The molecular formula is C22H30N2O8. The van der Waals surface area contributed by atoms with Gasteiger partial charge in [0.2, 0.25) is 5.75 Å². The molecule has 0 aliphatic carbocycles. The minimum Gasteiger partial charge on any atom is -0.493 e. The minimum absolute atomic E-state index is 0.0818. The summed E-state index contributed by atoms with van der Waals surface area (Å²) in [5.41, 5.74) is 0.634. The molecule has 0 spiro atoms. The van der Waals surface area contributed by atoms with Crippen molar-refractivity contribution in [1.29, 1.82) is 0 Å². The highest BCUT2D eigenvalue weighted by atomic mass is 16.6. The lowest BCUT2D eigenvalue weighted by molar-refractivity contribution is -0.144. The number of nitrogens with zero attached hydrogens (tertiary/aromatic N) is 1. The molecule has 0 saturated carbocycles. The molecule has 1 fully saturated rings. The molecule has 0 radical (unpaired) electrons. The molecule has 0 unspecified atom stereocenters. The van der Waals surface area contributed by atoms with Crippen molar-refractivity contribution < 1.29 is 38.1 Å². The van der Waals surface area contributed by atoms with E-state index in [-0.39, 0.29) is 12.1 Å². The van der Waals surface area contributed by atoms with Crippen molar-refractivity contribution in [3.8, 4) is 17.2 Å². The number of hydrogen-bond acceptors (Lipinski definition) is 8. The van der Waals surface area contributed by atoms with Gasteiger partial charge in [-0.05, 0) is 43.5 Å². The van der Waals surface area contributed by atoms with Crippen LogP contribution in [0.15, 0.2) is 18.2 Å². The molecule has 1 aliphatic heterocycles. The first-order chi connectivity index (χ1) is 15.4. The third kappa shape index (κ3) is 7.07. The molecule has 1 aliphatic rings. The maximum absolute atomic E-state index is 12.1. The van der Waals surface area contributed by atoms with Crippen molar-refractivity contribution >= 4 is 24.0 Å². The SMILES string of the molecule is CCOC(=O)N1CCC(NC(=O)COC(=O)/C=C/c2cc(OC)c(OC)c(OC)c2)CC1. The minimum atomic E-state index is -0.661. The van der Waals surface area contributed by atoms with E-state index >= 15 is 0 Å². The van der Waals surface area contributed by atoms with Crippen molar-refractivity contribution in [2.24, 2.45) is 0 Å². The molecule has 32 heavy (non-hydrogen) atoms. The fourth-order valence-corrected chi connectivity index (χ4v) is 3.24. The van der Waals surface area contributed by atoms with Crippen molar-refractivity contribution in [2.75, 3.05) is 47.6 Å². The van der Waals surface area contributed by atoms with Crippen LogP contribution in [0.2, 0.25) is 0 Å². The lowest BCUT2D eigenvalue weighted by atomic mass is 10.1. The van der Waals surface area contributed by atoms with Gasteiger partial charge in [0.05, 0.1) is 27.9 Å². The Kier molecular flexibility index (Phi) is 9.65. The molecule has 10 nitrogen and oxygen atoms in total. The van der Waals surface area contributed by atoms with Crippen LogP contribution in [0.4, 0.5) is 4.79 Å². The molecule has 1 aromatic carbocycles. The van der Waals surface area contributed by atoms with Crippen molar-refractivity contribution in [3.05, 3.63) is 23.8 Å². The maximum atomic E-state index is 12.1. The number of ether oxygens (including phenoxy) is 5. The zero-order valence-electron chi connectivity index (χ0n) is 18.8. The maximum Gasteiger partial charge on any atom is 0.409 e. The van der Waals surface area contributed by atoms with Crippen LogP contribution in [0.1, 0.15) is 25.3 Å². The Bertz CT molecular complexity index is 806. The Morgan fingerprint density at radius 2 is 1.66 bits per heavy atom. The van der Waals surface area contributed by atoms with E-state index in [4.69, 9.17) is 23.7 Å². The van der Waals surface area contributed by atoms with Gasteiger partial charge in [-0.15, -0.1) is 0 Å². The van der Waals surface area contributed by atoms with E-state index in [1.54, 1.807) is 24.0 Å². The highest BCUT2D eigenvalue weighted by molar-refractivity contribution is 5.89. The van der Waals surface area contributed by atoms with E-state index in [2.05, 4.69) is 5.32 Å². The first kappa shape index (κ1) is 24.8. The van der Waals surface area contributed by atoms with E-state index in [9.17, 15) is 14.4 Å². The van der Waals surface area contributed by atoms with Gasteiger partial charge in [0, 0.05) is 25.2 Å². The summed E-state index contributed by atoms with van der Waals surface area (Å²) in [4.78, 5) is 37.4. The number of esters is 1. The van der Waals surface area contributed by atoms with E-state index < -0.39 is 18.5 Å². The Morgan fingerprint density at radius 3 is 2.19 bits per heavy atom. The van der Waals surface area contributed by atoms with Gasteiger partial charge in [-0.1, -0.05) is 0 Å². The van der Waals surface area contributed by atoms with Crippen molar-refractivity contribution in [1.82, 2.24) is 10.2 Å². The fraction of sp³-hybridized carbons (Fsp3) is 0.500.